The van der Waals surface area contributed by atoms with Crippen LogP contribution in [-0.4, -0.2) is 30.4 Å². The molecule has 2 aromatic carbocycles. The van der Waals surface area contributed by atoms with E-state index in [1.165, 1.54) is 0 Å². The largest absolute Gasteiger partial charge is 0.483 e. The number of nitrogens with one attached hydrogen (secondary N) is 3. The molecule has 2 rings (SSSR count). The minimum absolute atomic E-state index is 0.128. The number of amides is 3. The number of benzene rings is 2. The van der Waals surface area contributed by atoms with Crippen molar-refractivity contribution in [2.75, 3.05) is 6.61 Å². The fourth-order valence-corrected chi connectivity index (χ4v) is 3.15. The molecule has 0 aliphatic heterocycles. The SMILES string of the molecule is CC[C@H](C)[C@H](NC(=O)c1ccccc1)C(=O)NNC(=O)COc1cc(C)ccc1C(C)C. The third-order valence-corrected chi connectivity index (χ3v) is 5.29. The summed E-state index contributed by atoms with van der Waals surface area (Å²) in [4.78, 5) is 37.4. The summed E-state index contributed by atoms with van der Waals surface area (Å²) in [7, 11) is 0. The van der Waals surface area contributed by atoms with Crippen molar-refractivity contribution in [1.29, 1.82) is 0 Å². The summed E-state index contributed by atoms with van der Waals surface area (Å²) in [5, 5.41) is 2.76. The van der Waals surface area contributed by atoms with Gasteiger partial charge < -0.3 is 10.1 Å². The molecule has 3 amide bonds. The van der Waals surface area contributed by atoms with E-state index in [0.29, 0.717) is 17.7 Å². The standard InChI is InChI=1S/C25H33N3O4/c1-6-18(5)23(26-24(30)19-10-8-7-9-11-19)25(31)28-27-22(29)15-32-21-14-17(4)12-13-20(21)16(2)3/h7-14,16,18,23H,6,15H2,1-5H3,(H,26,30)(H,27,29)(H,28,31)/t18-,23-/m0/s1. The molecule has 0 fully saturated rings. The van der Waals surface area contributed by atoms with Gasteiger partial charge >= 0.3 is 0 Å². The number of aryl methyl sites for hydroxylation is 1. The molecule has 32 heavy (non-hydrogen) atoms. The van der Waals surface area contributed by atoms with E-state index in [9.17, 15) is 14.4 Å². The maximum absolute atomic E-state index is 12.7. The predicted molar refractivity (Wildman–Crippen MR) is 124 cm³/mol. The van der Waals surface area contributed by atoms with E-state index < -0.39 is 17.9 Å². The third-order valence-electron chi connectivity index (χ3n) is 5.29. The molecular weight excluding hydrogens is 406 g/mol. The zero-order valence-electron chi connectivity index (χ0n) is 19.4. The van der Waals surface area contributed by atoms with Gasteiger partial charge in [-0.3, -0.25) is 25.2 Å². The number of hydrogen-bond donors (Lipinski definition) is 3. The molecule has 0 aliphatic carbocycles. The van der Waals surface area contributed by atoms with Gasteiger partial charge in [-0.1, -0.05) is 64.4 Å². The molecule has 2 aromatic rings. The second-order valence-electron chi connectivity index (χ2n) is 8.22. The second kappa shape index (κ2) is 11.9. The van der Waals surface area contributed by atoms with Crippen LogP contribution in [0.15, 0.2) is 48.5 Å². The van der Waals surface area contributed by atoms with Crippen LogP contribution >= 0.6 is 0 Å². The summed E-state index contributed by atoms with van der Waals surface area (Å²) >= 11 is 0. The van der Waals surface area contributed by atoms with Crippen molar-refractivity contribution >= 4 is 17.7 Å². The van der Waals surface area contributed by atoms with Crippen LogP contribution in [0.3, 0.4) is 0 Å². The molecule has 172 valence electrons. The summed E-state index contributed by atoms with van der Waals surface area (Å²) in [6.07, 6.45) is 0.676. The third kappa shape index (κ3) is 7.11. The van der Waals surface area contributed by atoms with Crippen molar-refractivity contribution in [2.45, 2.75) is 53.0 Å². The van der Waals surface area contributed by atoms with Gasteiger partial charge in [-0.2, -0.15) is 0 Å². The van der Waals surface area contributed by atoms with E-state index >= 15 is 0 Å². The Bertz CT molecular complexity index is 928. The normalized spacial score (nSPS) is 12.6. The van der Waals surface area contributed by atoms with Gasteiger partial charge in [0.2, 0.25) is 0 Å². The second-order valence-corrected chi connectivity index (χ2v) is 8.22. The molecule has 0 aromatic heterocycles. The smallest absolute Gasteiger partial charge is 0.276 e. The van der Waals surface area contributed by atoms with E-state index in [0.717, 1.165) is 11.1 Å². The number of hydrogen-bond acceptors (Lipinski definition) is 4. The Morgan fingerprint density at radius 2 is 1.66 bits per heavy atom. The molecule has 0 heterocycles. The highest BCUT2D eigenvalue weighted by Crippen LogP contribution is 2.27. The quantitative estimate of drug-likeness (QED) is 0.521. The van der Waals surface area contributed by atoms with Gasteiger partial charge in [0.25, 0.3) is 17.7 Å². The molecule has 7 nitrogen and oxygen atoms in total. The van der Waals surface area contributed by atoms with Gasteiger partial charge in [-0.25, -0.2) is 0 Å². The first-order chi connectivity index (χ1) is 15.2. The van der Waals surface area contributed by atoms with Crippen molar-refractivity contribution < 1.29 is 19.1 Å². The number of hydrazine groups is 1. The number of rotatable bonds is 9. The van der Waals surface area contributed by atoms with Gasteiger partial charge in [0.15, 0.2) is 6.61 Å². The maximum atomic E-state index is 12.7. The Kier molecular flexibility index (Phi) is 9.25. The van der Waals surface area contributed by atoms with Crippen LogP contribution < -0.4 is 20.9 Å². The zero-order valence-corrected chi connectivity index (χ0v) is 19.4. The first-order valence-electron chi connectivity index (χ1n) is 10.9. The van der Waals surface area contributed by atoms with Crippen LogP contribution in [0.4, 0.5) is 0 Å². The fraction of sp³-hybridized carbons (Fsp3) is 0.400. The van der Waals surface area contributed by atoms with Crippen molar-refractivity contribution in [3.05, 3.63) is 65.2 Å². The zero-order chi connectivity index (χ0) is 23.7. The Morgan fingerprint density at radius 3 is 2.28 bits per heavy atom. The molecule has 0 unspecified atom stereocenters. The Labute approximate surface area is 189 Å². The van der Waals surface area contributed by atoms with Crippen molar-refractivity contribution in [2.24, 2.45) is 5.92 Å². The number of carbonyl (C=O) groups excluding carboxylic acids is 3. The summed E-state index contributed by atoms with van der Waals surface area (Å²) in [5.74, 6) is -0.563. The molecule has 0 spiro atoms. The first-order valence-corrected chi connectivity index (χ1v) is 10.9. The van der Waals surface area contributed by atoms with E-state index in [4.69, 9.17) is 4.74 Å². The Balaban J connectivity index is 1.94. The lowest BCUT2D eigenvalue weighted by Crippen LogP contribution is -2.55. The van der Waals surface area contributed by atoms with Gasteiger partial charge in [0.1, 0.15) is 11.8 Å². The Hall–Kier alpha value is -3.35. The van der Waals surface area contributed by atoms with E-state index in [2.05, 4.69) is 30.0 Å². The van der Waals surface area contributed by atoms with E-state index in [-0.39, 0.29) is 24.3 Å². The summed E-state index contributed by atoms with van der Waals surface area (Å²) in [6.45, 7) is 9.61. The molecule has 0 bridgehead atoms. The lowest BCUT2D eigenvalue weighted by atomic mass is 9.98. The van der Waals surface area contributed by atoms with Crippen LogP contribution in [0, 0.1) is 12.8 Å². The molecular formula is C25H33N3O4. The molecule has 0 saturated carbocycles. The highest BCUT2D eigenvalue weighted by Gasteiger charge is 2.26. The summed E-state index contributed by atoms with van der Waals surface area (Å²) in [5.41, 5.74) is 7.28. The van der Waals surface area contributed by atoms with E-state index in [1.54, 1.807) is 24.3 Å². The highest BCUT2D eigenvalue weighted by atomic mass is 16.5. The van der Waals surface area contributed by atoms with Crippen LogP contribution in [0.2, 0.25) is 0 Å². The molecule has 2 atom stereocenters. The topological polar surface area (TPSA) is 96.5 Å². The average Bonchev–Trinajstić information content (AvgIpc) is 2.79. The van der Waals surface area contributed by atoms with Crippen molar-refractivity contribution in [3.8, 4) is 5.75 Å². The highest BCUT2D eigenvalue weighted by molar-refractivity contribution is 5.97. The monoisotopic (exact) mass is 439 g/mol. The molecule has 3 N–H and O–H groups in total. The first kappa shape index (κ1) is 24.9. The summed E-state index contributed by atoms with van der Waals surface area (Å²) in [6, 6.07) is 13.8. The maximum Gasteiger partial charge on any atom is 0.276 e. The molecule has 0 aliphatic rings. The molecule has 0 saturated heterocycles. The van der Waals surface area contributed by atoms with Crippen LogP contribution in [-0.2, 0) is 9.59 Å². The van der Waals surface area contributed by atoms with Crippen LogP contribution in [0.1, 0.15) is 61.5 Å². The van der Waals surface area contributed by atoms with Gasteiger partial charge in [0, 0.05) is 5.56 Å². The van der Waals surface area contributed by atoms with Gasteiger partial charge in [-0.05, 0) is 48.1 Å². The Morgan fingerprint density at radius 1 is 0.969 bits per heavy atom. The number of ether oxygens (including phenoxy) is 1. The molecule has 0 radical (unpaired) electrons. The van der Waals surface area contributed by atoms with Crippen LogP contribution in [0.5, 0.6) is 5.75 Å². The minimum atomic E-state index is -0.793. The lowest BCUT2D eigenvalue weighted by molar-refractivity contribution is -0.131. The number of carbonyl (C=O) groups is 3. The van der Waals surface area contributed by atoms with Gasteiger partial charge in [-0.15, -0.1) is 0 Å². The molecule has 7 heteroatoms. The summed E-state index contributed by atoms with van der Waals surface area (Å²) < 4.78 is 5.69. The van der Waals surface area contributed by atoms with Crippen molar-refractivity contribution in [1.82, 2.24) is 16.2 Å². The van der Waals surface area contributed by atoms with Crippen molar-refractivity contribution in [3.63, 3.8) is 0 Å². The lowest BCUT2D eigenvalue weighted by Gasteiger charge is -2.23. The van der Waals surface area contributed by atoms with Crippen LogP contribution in [0.25, 0.3) is 0 Å². The minimum Gasteiger partial charge on any atom is -0.483 e. The predicted octanol–water partition coefficient (Wildman–Crippen LogP) is 3.49. The average molecular weight is 440 g/mol. The van der Waals surface area contributed by atoms with Gasteiger partial charge in [0.05, 0.1) is 0 Å². The van der Waals surface area contributed by atoms with E-state index in [1.807, 2.05) is 45.0 Å². The fourth-order valence-electron chi connectivity index (χ4n) is 3.15.